The van der Waals surface area contributed by atoms with E-state index in [1.165, 1.54) is 6.92 Å². The van der Waals surface area contributed by atoms with Crippen LogP contribution < -0.4 is 11.3 Å². The quantitative estimate of drug-likeness (QED) is 0.806. The van der Waals surface area contributed by atoms with E-state index < -0.39 is 18.0 Å². The van der Waals surface area contributed by atoms with Crippen LogP contribution in [0.25, 0.3) is 10.2 Å². The van der Waals surface area contributed by atoms with Crippen molar-refractivity contribution in [2.24, 2.45) is 5.73 Å². The standard InChI is InChI=1S/C12H13N3O4S/c1-4-7-10(17)14-6(3)15-11(7)20-8(4)12(18)19-5(2)9(13)16/h5H,1-3H3,(H2,13,16)(H,14,15,17)/t5-/m1/s1. The van der Waals surface area contributed by atoms with Crippen molar-refractivity contribution in [3.8, 4) is 0 Å². The van der Waals surface area contributed by atoms with Crippen LogP contribution in [-0.4, -0.2) is 27.9 Å². The molecule has 7 nitrogen and oxygen atoms in total. The van der Waals surface area contributed by atoms with E-state index in [1.807, 2.05) is 0 Å². The number of nitrogens with zero attached hydrogens (tertiary/aromatic N) is 1. The fourth-order valence-corrected chi connectivity index (χ4v) is 2.83. The zero-order valence-electron chi connectivity index (χ0n) is 11.1. The predicted molar refractivity (Wildman–Crippen MR) is 73.8 cm³/mol. The van der Waals surface area contributed by atoms with Crippen molar-refractivity contribution in [1.82, 2.24) is 9.97 Å². The molecule has 0 aliphatic rings. The average molecular weight is 295 g/mol. The summed E-state index contributed by atoms with van der Waals surface area (Å²) in [7, 11) is 0. The number of esters is 1. The zero-order valence-corrected chi connectivity index (χ0v) is 12.0. The lowest BCUT2D eigenvalue weighted by Crippen LogP contribution is -2.30. The van der Waals surface area contributed by atoms with E-state index in [0.29, 0.717) is 21.6 Å². The van der Waals surface area contributed by atoms with Gasteiger partial charge >= 0.3 is 5.97 Å². The van der Waals surface area contributed by atoms with Crippen molar-refractivity contribution in [3.63, 3.8) is 0 Å². The molecule has 2 aromatic heterocycles. The Kier molecular flexibility index (Phi) is 3.58. The molecule has 106 valence electrons. The Labute approximate surface area is 117 Å². The van der Waals surface area contributed by atoms with Crippen molar-refractivity contribution in [2.45, 2.75) is 26.9 Å². The minimum Gasteiger partial charge on any atom is -0.448 e. The molecule has 2 rings (SSSR count). The molecule has 2 heterocycles. The number of rotatable bonds is 3. The largest absolute Gasteiger partial charge is 0.448 e. The van der Waals surface area contributed by atoms with E-state index >= 15 is 0 Å². The summed E-state index contributed by atoms with van der Waals surface area (Å²) >= 11 is 1.06. The summed E-state index contributed by atoms with van der Waals surface area (Å²) in [5.74, 6) is -0.952. The highest BCUT2D eigenvalue weighted by molar-refractivity contribution is 7.20. The van der Waals surface area contributed by atoms with Crippen LogP contribution in [0.15, 0.2) is 4.79 Å². The molecular weight excluding hydrogens is 282 g/mol. The zero-order chi connectivity index (χ0) is 15.0. The van der Waals surface area contributed by atoms with Crippen LogP contribution in [0.2, 0.25) is 0 Å². The first kappa shape index (κ1) is 14.2. The van der Waals surface area contributed by atoms with Crippen molar-refractivity contribution in [2.75, 3.05) is 0 Å². The van der Waals surface area contributed by atoms with Gasteiger partial charge in [0.05, 0.1) is 5.39 Å². The molecule has 3 N–H and O–H groups in total. The van der Waals surface area contributed by atoms with Crippen LogP contribution in [0.5, 0.6) is 0 Å². The van der Waals surface area contributed by atoms with Gasteiger partial charge in [-0.3, -0.25) is 9.59 Å². The molecule has 0 radical (unpaired) electrons. The van der Waals surface area contributed by atoms with Gasteiger partial charge < -0.3 is 15.5 Å². The first-order valence-corrected chi connectivity index (χ1v) is 6.63. The maximum Gasteiger partial charge on any atom is 0.349 e. The molecule has 8 heteroatoms. The van der Waals surface area contributed by atoms with E-state index in [-0.39, 0.29) is 10.4 Å². The van der Waals surface area contributed by atoms with E-state index in [9.17, 15) is 14.4 Å². The number of fused-ring (bicyclic) bond motifs is 1. The molecule has 0 saturated heterocycles. The highest BCUT2D eigenvalue weighted by Crippen LogP contribution is 2.27. The van der Waals surface area contributed by atoms with Crippen LogP contribution in [0.4, 0.5) is 0 Å². The van der Waals surface area contributed by atoms with Gasteiger partial charge in [-0.15, -0.1) is 11.3 Å². The highest BCUT2D eigenvalue weighted by atomic mass is 32.1. The molecule has 0 unspecified atom stereocenters. The molecular formula is C12H13N3O4S. The Morgan fingerprint density at radius 3 is 2.65 bits per heavy atom. The van der Waals surface area contributed by atoms with E-state index in [1.54, 1.807) is 13.8 Å². The van der Waals surface area contributed by atoms with Gasteiger partial charge in [-0.25, -0.2) is 9.78 Å². The van der Waals surface area contributed by atoms with E-state index in [4.69, 9.17) is 10.5 Å². The topological polar surface area (TPSA) is 115 Å². The number of H-pyrrole nitrogens is 1. The molecule has 0 aromatic carbocycles. The highest BCUT2D eigenvalue weighted by Gasteiger charge is 2.23. The van der Waals surface area contributed by atoms with Crippen LogP contribution in [0.3, 0.4) is 0 Å². The fraction of sp³-hybridized carbons (Fsp3) is 0.333. The summed E-state index contributed by atoms with van der Waals surface area (Å²) in [6.45, 7) is 4.68. The Morgan fingerprint density at radius 1 is 1.40 bits per heavy atom. The third kappa shape index (κ3) is 2.42. The molecule has 1 atom stereocenters. The number of hydrogen-bond acceptors (Lipinski definition) is 6. The summed E-state index contributed by atoms with van der Waals surface area (Å²) in [6.07, 6.45) is -1.03. The smallest absolute Gasteiger partial charge is 0.349 e. The van der Waals surface area contributed by atoms with Crippen molar-refractivity contribution >= 4 is 33.4 Å². The monoisotopic (exact) mass is 295 g/mol. The van der Waals surface area contributed by atoms with Crippen LogP contribution in [0.1, 0.15) is 28.0 Å². The Morgan fingerprint density at radius 2 is 2.05 bits per heavy atom. The number of aromatic amines is 1. The van der Waals surface area contributed by atoms with Crippen molar-refractivity contribution in [3.05, 3.63) is 26.6 Å². The maximum absolute atomic E-state index is 12.0. The molecule has 2 aromatic rings. The minimum atomic E-state index is -1.03. The second kappa shape index (κ2) is 5.04. The number of ether oxygens (including phenoxy) is 1. The van der Waals surface area contributed by atoms with Gasteiger partial charge in [0.15, 0.2) is 6.10 Å². The average Bonchev–Trinajstić information content (AvgIpc) is 2.66. The number of hydrogen-bond donors (Lipinski definition) is 2. The summed E-state index contributed by atoms with van der Waals surface area (Å²) in [6, 6.07) is 0. The number of carbonyl (C=O) groups is 2. The molecule has 20 heavy (non-hydrogen) atoms. The fourth-order valence-electron chi connectivity index (χ4n) is 1.72. The number of primary amides is 1. The normalized spacial score (nSPS) is 12.3. The minimum absolute atomic E-state index is 0.247. The molecule has 0 aliphatic heterocycles. The second-order valence-electron chi connectivity index (χ2n) is 4.34. The van der Waals surface area contributed by atoms with Gasteiger partial charge in [0, 0.05) is 0 Å². The SMILES string of the molecule is Cc1nc2sc(C(=O)O[C@H](C)C(N)=O)c(C)c2c(=O)[nH]1. The van der Waals surface area contributed by atoms with Gasteiger partial charge in [0.2, 0.25) is 0 Å². The molecule has 0 saturated carbocycles. The molecule has 0 bridgehead atoms. The maximum atomic E-state index is 12.0. The number of thiophene rings is 1. The summed E-state index contributed by atoms with van der Waals surface area (Å²) in [5.41, 5.74) is 5.22. The van der Waals surface area contributed by atoms with Gasteiger partial charge in [0.1, 0.15) is 15.5 Å². The third-order valence-electron chi connectivity index (χ3n) is 2.79. The third-order valence-corrected chi connectivity index (χ3v) is 3.95. The lowest BCUT2D eigenvalue weighted by molar-refractivity contribution is -0.125. The molecule has 1 amide bonds. The van der Waals surface area contributed by atoms with Crippen LogP contribution >= 0.6 is 11.3 Å². The number of aromatic nitrogens is 2. The first-order chi connectivity index (χ1) is 9.31. The lowest BCUT2D eigenvalue weighted by atomic mass is 10.2. The van der Waals surface area contributed by atoms with Gasteiger partial charge in [-0.05, 0) is 26.3 Å². The Hall–Kier alpha value is -2.22. The van der Waals surface area contributed by atoms with E-state index in [2.05, 4.69) is 9.97 Å². The number of amides is 1. The predicted octanol–water partition coefficient (Wildman–Crippen LogP) is 0.632. The Balaban J connectivity index is 2.48. The lowest BCUT2D eigenvalue weighted by Gasteiger charge is -2.08. The number of aryl methyl sites for hydroxylation is 2. The number of nitrogens with one attached hydrogen (secondary N) is 1. The van der Waals surface area contributed by atoms with Crippen molar-refractivity contribution < 1.29 is 14.3 Å². The number of nitrogens with two attached hydrogens (primary N) is 1. The summed E-state index contributed by atoms with van der Waals surface area (Å²) in [4.78, 5) is 42.2. The first-order valence-electron chi connectivity index (χ1n) is 5.81. The van der Waals surface area contributed by atoms with Crippen LogP contribution in [-0.2, 0) is 9.53 Å². The van der Waals surface area contributed by atoms with E-state index in [0.717, 1.165) is 11.3 Å². The molecule has 0 aliphatic carbocycles. The molecule has 0 fully saturated rings. The molecule has 0 spiro atoms. The van der Waals surface area contributed by atoms with Gasteiger partial charge in [-0.2, -0.15) is 0 Å². The van der Waals surface area contributed by atoms with Crippen LogP contribution in [0, 0.1) is 13.8 Å². The van der Waals surface area contributed by atoms with Gasteiger partial charge in [-0.1, -0.05) is 0 Å². The second-order valence-corrected chi connectivity index (χ2v) is 5.34. The van der Waals surface area contributed by atoms with Crippen molar-refractivity contribution in [1.29, 1.82) is 0 Å². The summed E-state index contributed by atoms with van der Waals surface area (Å²) < 4.78 is 4.94. The van der Waals surface area contributed by atoms with Gasteiger partial charge in [0.25, 0.3) is 11.5 Å². The number of carbonyl (C=O) groups excluding carboxylic acids is 2. The Bertz CT molecular complexity index is 762. The summed E-state index contributed by atoms with van der Waals surface area (Å²) in [5, 5.41) is 0.360.